The summed E-state index contributed by atoms with van der Waals surface area (Å²) >= 11 is 0. The van der Waals surface area contributed by atoms with Gasteiger partial charge < -0.3 is 20.5 Å². The van der Waals surface area contributed by atoms with Gasteiger partial charge in [-0.25, -0.2) is 0 Å². The van der Waals surface area contributed by atoms with Crippen molar-refractivity contribution >= 4 is 23.8 Å². The Morgan fingerprint density at radius 3 is 1.79 bits per heavy atom. The van der Waals surface area contributed by atoms with Gasteiger partial charge in [0.25, 0.3) is 5.91 Å². The molecule has 3 N–H and O–H groups in total. The summed E-state index contributed by atoms with van der Waals surface area (Å²) in [4.78, 5) is 48.4. The topological polar surface area (TPSA) is 125 Å². The normalized spacial score (nSPS) is 13.6. The van der Waals surface area contributed by atoms with Crippen LogP contribution in [-0.4, -0.2) is 43.0 Å². The van der Waals surface area contributed by atoms with Gasteiger partial charge in [-0.1, -0.05) is 0 Å². The molecule has 0 saturated carbocycles. The van der Waals surface area contributed by atoms with E-state index in [-0.39, 0.29) is 31.4 Å². The van der Waals surface area contributed by atoms with E-state index in [0.717, 1.165) is 0 Å². The average molecular weight is 486 g/mol. The molecule has 0 heterocycles. The fourth-order valence-corrected chi connectivity index (χ4v) is 2.67. The number of halogens is 6. The number of ether oxygens (including phenoxy) is 2. The summed E-state index contributed by atoms with van der Waals surface area (Å²) in [6.07, 6.45) is -11.3. The Kier molecular flexibility index (Phi) is 9.24. The van der Waals surface area contributed by atoms with Crippen molar-refractivity contribution in [1.29, 1.82) is 0 Å². The first-order valence-electron chi connectivity index (χ1n) is 9.33. The maximum Gasteiger partial charge on any atom is 0.416 e. The number of amides is 2. The largest absolute Gasteiger partial charge is 0.466 e. The molecule has 0 fully saturated rings. The van der Waals surface area contributed by atoms with Crippen LogP contribution in [0.15, 0.2) is 18.2 Å². The molecule has 0 aliphatic carbocycles. The van der Waals surface area contributed by atoms with E-state index in [1.807, 2.05) is 5.32 Å². The molecule has 33 heavy (non-hydrogen) atoms. The van der Waals surface area contributed by atoms with Gasteiger partial charge in [0.05, 0.1) is 36.7 Å². The first-order chi connectivity index (χ1) is 15.1. The van der Waals surface area contributed by atoms with Crippen molar-refractivity contribution < 1.29 is 55.0 Å². The molecule has 184 valence electrons. The van der Waals surface area contributed by atoms with E-state index in [1.165, 1.54) is 13.8 Å². The van der Waals surface area contributed by atoms with Crippen molar-refractivity contribution in [3.8, 4) is 0 Å². The molecule has 14 heteroatoms. The first kappa shape index (κ1) is 27.7. The van der Waals surface area contributed by atoms with Crippen LogP contribution in [0.3, 0.4) is 0 Å². The molecule has 2 amide bonds. The Bertz CT molecular complexity index is 867. The summed E-state index contributed by atoms with van der Waals surface area (Å²) in [5, 5.41) is 1.82. The predicted molar refractivity (Wildman–Crippen MR) is 98.3 cm³/mol. The number of rotatable bonds is 9. The molecular weight excluding hydrogens is 466 g/mol. The Morgan fingerprint density at radius 1 is 0.909 bits per heavy atom. The predicted octanol–water partition coefficient (Wildman–Crippen LogP) is 2.44. The number of carbonyl (C=O) groups is 4. The summed E-state index contributed by atoms with van der Waals surface area (Å²) in [6.45, 7) is 2.52. The second-order valence-corrected chi connectivity index (χ2v) is 6.52. The molecule has 8 nitrogen and oxygen atoms in total. The van der Waals surface area contributed by atoms with Crippen LogP contribution < -0.4 is 11.1 Å². The van der Waals surface area contributed by atoms with Crippen molar-refractivity contribution in [2.45, 2.75) is 38.7 Å². The molecule has 1 rings (SSSR count). The Hall–Kier alpha value is -3.32. The van der Waals surface area contributed by atoms with E-state index in [0.29, 0.717) is 0 Å². The number of hydrogen-bond acceptors (Lipinski definition) is 6. The van der Waals surface area contributed by atoms with Crippen molar-refractivity contribution in [3.63, 3.8) is 0 Å². The van der Waals surface area contributed by atoms with E-state index in [1.54, 1.807) is 0 Å². The average Bonchev–Trinajstić information content (AvgIpc) is 2.68. The van der Waals surface area contributed by atoms with Gasteiger partial charge >= 0.3 is 24.3 Å². The lowest BCUT2D eigenvalue weighted by atomic mass is 9.94. The van der Waals surface area contributed by atoms with Crippen molar-refractivity contribution in [3.05, 3.63) is 34.9 Å². The standard InChI is InChI=1S/C19H20F6N2O6/c1-3-32-13(28)8-12(17(31)33-4-2)14(15(26)29)27-16(30)9-5-10(18(20,21)22)7-11(6-9)19(23,24)25/h5-7,12,14H,3-4,8H2,1-2H3,(H2,26,29)(H,27,30)/t12-,14-/m0/s1. The molecule has 0 spiro atoms. The highest BCUT2D eigenvalue weighted by Gasteiger charge is 2.40. The molecule has 2 atom stereocenters. The lowest BCUT2D eigenvalue weighted by molar-refractivity contribution is -0.156. The van der Waals surface area contributed by atoms with Gasteiger partial charge in [-0.05, 0) is 32.0 Å². The highest BCUT2D eigenvalue weighted by Crippen LogP contribution is 2.36. The van der Waals surface area contributed by atoms with E-state index in [4.69, 9.17) is 10.5 Å². The van der Waals surface area contributed by atoms with Gasteiger partial charge in [0.1, 0.15) is 6.04 Å². The number of hydrogen-bond donors (Lipinski definition) is 2. The van der Waals surface area contributed by atoms with Crippen LogP contribution in [0.5, 0.6) is 0 Å². The Balaban J connectivity index is 3.40. The van der Waals surface area contributed by atoms with Gasteiger partial charge in [-0.2, -0.15) is 26.3 Å². The van der Waals surface area contributed by atoms with Gasteiger partial charge in [0, 0.05) is 5.56 Å². The Labute approximate surface area is 183 Å². The second-order valence-electron chi connectivity index (χ2n) is 6.52. The zero-order valence-corrected chi connectivity index (χ0v) is 17.3. The minimum atomic E-state index is -5.23. The highest BCUT2D eigenvalue weighted by molar-refractivity contribution is 5.99. The van der Waals surface area contributed by atoms with Crippen LogP contribution in [0.4, 0.5) is 26.3 Å². The van der Waals surface area contributed by atoms with Gasteiger partial charge in [0.15, 0.2) is 0 Å². The van der Waals surface area contributed by atoms with Crippen LogP contribution in [0.2, 0.25) is 0 Å². The number of nitrogens with two attached hydrogens (primary N) is 1. The SMILES string of the molecule is CCOC(=O)C[C@H](C(=O)OCC)[C@H](NC(=O)c1cc(C(F)(F)F)cc(C(F)(F)F)c1)C(N)=O. The number of esters is 2. The molecule has 1 aromatic carbocycles. The number of primary amides is 1. The molecular formula is C19H20F6N2O6. The lowest BCUT2D eigenvalue weighted by Crippen LogP contribution is -2.52. The third kappa shape index (κ3) is 7.95. The first-order valence-corrected chi connectivity index (χ1v) is 9.33. The third-order valence-corrected chi connectivity index (χ3v) is 4.13. The summed E-state index contributed by atoms with van der Waals surface area (Å²) in [6, 6.07) is -1.93. The fraction of sp³-hybridized carbons (Fsp3) is 0.474. The Morgan fingerprint density at radius 2 is 1.39 bits per heavy atom. The van der Waals surface area contributed by atoms with Crippen LogP contribution in [-0.2, 0) is 36.2 Å². The number of nitrogens with one attached hydrogen (secondary N) is 1. The molecule has 0 saturated heterocycles. The molecule has 0 aliphatic heterocycles. The smallest absolute Gasteiger partial charge is 0.416 e. The van der Waals surface area contributed by atoms with Crippen molar-refractivity contribution in [2.24, 2.45) is 11.7 Å². The minimum absolute atomic E-state index is 0.105. The van der Waals surface area contributed by atoms with E-state index in [9.17, 15) is 45.5 Å². The second kappa shape index (κ2) is 11.0. The van der Waals surface area contributed by atoms with E-state index >= 15 is 0 Å². The zero-order valence-electron chi connectivity index (χ0n) is 17.3. The lowest BCUT2D eigenvalue weighted by Gasteiger charge is -2.24. The van der Waals surface area contributed by atoms with E-state index < -0.39 is 71.2 Å². The quantitative estimate of drug-likeness (QED) is 0.408. The highest BCUT2D eigenvalue weighted by atomic mass is 19.4. The van der Waals surface area contributed by atoms with Crippen LogP contribution in [0.25, 0.3) is 0 Å². The molecule has 1 aromatic rings. The van der Waals surface area contributed by atoms with Crippen LogP contribution in [0.1, 0.15) is 41.8 Å². The number of alkyl halides is 6. The molecule has 0 bridgehead atoms. The maximum absolute atomic E-state index is 13.0. The number of benzene rings is 1. The van der Waals surface area contributed by atoms with Crippen molar-refractivity contribution in [1.82, 2.24) is 5.32 Å². The minimum Gasteiger partial charge on any atom is -0.466 e. The van der Waals surface area contributed by atoms with E-state index in [2.05, 4.69) is 4.74 Å². The summed E-state index contributed by atoms with van der Waals surface area (Å²) in [5.74, 6) is -6.88. The molecule has 0 aliphatic rings. The summed E-state index contributed by atoms with van der Waals surface area (Å²) in [7, 11) is 0. The molecule has 0 aromatic heterocycles. The molecule has 0 unspecified atom stereocenters. The summed E-state index contributed by atoms with van der Waals surface area (Å²) in [5.41, 5.74) is 0.520. The van der Waals surface area contributed by atoms with Gasteiger partial charge in [0.2, 0.25) is 5.91 Å². The van der Waals surface area contributed by atoms with Gasteiger partial charge in [-0.15, -0.1) is 0 Å². The van der Waals surface area contributed by atoms with Gasteiger partial charge in [-0.3, -0.25) is 19.2 Å². The zero-order chi connectivity index (χ0) is 25.6. The van der Waals surface area contributed by atoms with Crippen LogP contribution in [0, 0.1) is 5.92 Å². The number of carbonyl (C=O) groups excluding carboxylic acids is 4. The van der Waals surface area contributed by atoms with Crippen molar-refractivity contribution in [2.75, 3.05) is 13.2 Å². The molecule has 0 radical (unpaired) electrons. The summed E-state index contributed by atoms with van der Waals surface area (Å²) < 4.78 is 87.6. The monoisotopic (exact) mass is 486 g/mol. The maximum atomic E-state index is 13.0. The fourth-order valence-electron chi connectivity index (χ4n) is 2.67. The van der Waals surface area contributed by atoms with Crippen LogP contribution >= 0.6 is 0 Å². The third-order valence-electron chi connectivity index (χ3n) is 4.13.